The molecule has 3 heteroatoms. The Labute approximate surface area is 140 Å². The van der Waals surface area contributed by atoms with Crippen molar-refractivity contribution in [1.82, 2.24) is 9.55 Å². The Balaban J connectivity index is 1.97. The van der Waals surface area contributed by atoms with Gasteiger partial charge in [0.05, 0.1) is 17.4 Å². The number of carbonyl (C=O) groups excluding carboxylic acids is 1. The first-order chi connectivity index (χ1) is 11.8. The number of hydrogen-bond acceptors (Lipinski definition) is 2. The molecule has 0 fully saturated rings. The summed E-state index contributed by atoms with van der Waals surface area (Å²) < 4.78 is 2.11. The number of rotatable bonds is 3. The van der Waals surface area contributed by atoms with Crippen LogP contribution in [0.15, 0.2) is 79.3 Å². The van der Waals surface area contributed by atoms with Crippen LogP contribution >= 0.6 is 0 Å². The van der Waals surface area contributed by atoms with Crippen LogP contribution in [0, 0.1) is 0 Å². The van der Waals surface area contributed by atoms with Crippen LogP contribution in [0.2, 0.25) is 0 Å². The molecule has 116 valence electrons. The van der Waals surface area contributed by atoms with E-state index < -0.39 is 0 Å². The van der Waals surface area contributed by atoms with Crippen molar-refractivity contribution in [2.45, 2.75) is 6.92 Å². The van der Waals surface area contributed by atoms with E-state index in [4.69, 9.17) is 0 Å². The summed E-state index contributed by atoms with van der Waals surface area (Å²) in [5, 5.41) is 1.12. The van der Waals surface area contributed by atoms with Crippen molar-refractivity contribution < 1.29 is 4.79 Å². The number of Topliss-reactive ketones (excluding diaryl/α,β-unsaturated/α-hetero) is 1. The number of fused-ring (bicyclic) bond motifs is 1. The maximum Gasteiger partial charge on any atom is 0.160 e. The molecule has 2 heterocycles. The lowest BCUT2D eigenvalue weighted by molar-refractivity contribution is 0.101. The number of carbonyl (C=O) groups is 1. The third-order valence-corrected chi connectivity index (χ3v) is 4.25. The van der Waals surface area contributed by atoms with Gasteiger partial charge in [-0.1, -0.05) is 36.4 Å². The molecule has 4 aromatic rings. The fourth-order valence-electron chi connectivity index (χ4n) is 3.15. The third kappa shape index (κ3) is 2.31. The monoisotopic (exact) mass is 312 g/mol. The molecule has 2 aromatic heterocycles. The Hall–Kier alpha value is -3.20. The number of aromatic nitrogens is 2. The Morgan fingerprint density at radius 1 is 0.917 bits per heavy atom. The minimum absolute atomic E-state index is 0.0781. The molecule has 4 rings (SSSR count). The molecular formula is C21H16N2O. The van der Waals surface area contributed by atoms with Crippen LogP contribution in [0.5, 0.6) is 0 Å². The first kappa shape index (κ1) is 14.4. The van der Waals surface area contributed by atoms with E-state index in [1.54, 1.807) is 13.1 Å². The van der Waals surface area contributed by atoms with Gasteiger partial charge < -0.3 is 4.57 Å². The summed E-state index contributed by atoms with van der Waals surface area (Å²) in [6.45, 7) is 1.61. The van der Waals surface area contributed by atoms with Gasteiger partial charge in [0.2, 0.25) is 0 Å². The predicted octanol–water partition coefficient (Wildman–Crippen LogP) is 4.90. The fraction of sp³-hybridized carbons (Fsp3) is 0.0476. The SMILES string of the molecule is CC(=O)c1ccccc1-c1cccc2c1ccn2-c1cccnc1. The Kier molecular flexibility index (Phi) is 3.47. The molecule has 0 saturated carbocycles. The van der Waals surface area contributed by atoms with Crippen LogP contribution in [0.25, 0.3) is 27.7 Å². The molecule has 0 unspecified atom stereocenters. The highest BCUT2D eigenvalue weighted by molar-refractivity contribution is 6.05. The van der Waals surface area contributed by atoms with E-state index in [9.17, 15) is 4.79 Å². The van der Waals surface area contributed by atoms with E-state index in [1.165, 1.54) is 0 Å². The number of pyridine rings is 1. The lowest BCUT2D eigenvalue weighted by atomic mass is 9.95. The molecule has 0 bridgehead atoms. The van der Waals surface area contributed by atoms with Crippen LogP contribution in [-0.2, 0) is 0 Å². The van der Waals surface area contributed by atoms with Gasteiger partial charge >= 0.3 is 0 Å². The number of nitrogens with zero attached hydrogens (tertiary/aromatic N) is 2. The zero-order valence-electron chi connectivity index (χ0n) is 13.3. The summed E-state index contributed by atoms with van der Waals surface area (Å²) in [7, 11) is 0. The molecule has 0 amide bonds. The van der Waals surface area contributed by atoms with Gasteiger partial charge in [-0.05, 0) is 42.3 Å². The first-order valence-electron chi connectivity index (χ1n) is 7.86. The molecule has 2 aromatic carbocycles. The highest BCUT2D eigenvalue weighted by atomic mass is 16.1. The molecule has 0 radical (unpaired) electrons. The molecule has 0 N–H and O–H groups in total. The zero-order chi connectivity index (χ0) is 16.5. The highest BCUT2D eigenvalue weighted by Crippen LogP contribution is 2.32. The van der Waals surface area contributed by atoms with Crippen molar-refractivity contribution in [3.05, 3.63) is 84.8 Å². The molecule has 0 aliphatic heterocycles. The second kappa shape index (κ2) is 5.78. The lowest BCUT2D eigenvalue weighted by Gasteiger charge is -2.10. The van der Waals surface area contributed by atoms with E-state index >= 15 is 0 Å². The normalized spacial score (nSPS) is 10.9. The average molecular weight is 312 g/mol. The van der Waals surface area contributed by atoms with Crippen molar-refractivity contribution >= 4 is 16.7 Å². The van der Waals surface area contributed by atoms with Gasteiger partial charge in [-0.2, -0.15) is 0 Å². The third-order valence-electron chi connectivity index (χ3n) is 4.25. The molecule has 0 spiro atoms. The van der Waals surface area contributed by atoms with E-state index in [0.29, 0.717) is 0 Å². The van der Waals surface area contributed by atoms with E-state index in [-0.39, 0.29) is 5.78 Å². The van der Waals surface area contributed by atoms with E-state index in [0.717, 1.165) is 33.3 Å². The highest BCUT2D eigenvalue weighted by Gasteiger charge is 2.13. The summed E-state index contributed by atoms with van der Waals surface area (Å²) in [5.41, 5.74) is 4.91. The standard InChI is InChI=1S/C21H16N2O/c1-15(24)17-7-2-3-8-18(17)19-9-4-10-21-20(19)11-13-23(21)16-6-5-12-22-14-16/h2-14H,1H3. The summed E-state index contributed by atoms with van der Waals surface area (Å²) in [4.78, 5) is 16.2. The van der Waals surface area contributed by atoms with Crippen LogP contribution in [0.4, 0.5) is 0 Å². The summed E-state index contributed by atoms with van der Waals surface area (Å²) >= 11 is 0. The smallest absolute Gasteiger partial charge is 0.160 e. The topological polar surface area (TPSA) is 34.9 Å². The molecule has 0 saturated heterocycles. The van der Waals surface area contributed by atoms with Crippen molar-refractivity contribution in [3.8, 4) is 16.8 Å². The zero-order valence-corrected chi connectivity index (χ0v) is 13.3. The predicted molar refractivity (Wildman–Crippen MR) is 96.5 cm³/mol. The summed E-state index contributed by atoms with van der Waals surface area (Å²) in [5.74, 6) is 0.0781. The van der Waals surface area contributed by atoms with Crippen molar-refractivity contribution in [3.63, 3.8) is 0 Å². The Bertz CT molecular complexity index is 1030. The van der Waals surface area contributed by atoms with Gasteiger partial charge in [0.1, 0.15) is 0 Å². The average Bonchev–Trinajstić information content (AvgIpc) is 3.06. The molecule has 0 atom stereocenters. The van der Waals surface area contributed by atoms with Gasteiger partial charge in [-0.3, -0.25) is 9.78 Å². The molecule has 24 heavy (non-hydrogen) atoms. The maximum atomic E-state index is 12.0. The van der Waals surface area contributed by atoms with Crippen LogP contribution in [0.3, 0.4) is 0 Å². The number of benzene rings is 2. The quantitative estimate of drug-likeness (QED) is 0.505. The van der Waals surface area contributed by atoms with Gasteiger partial charge in [-0.15, -0.1) is 0 Å². The fourth-order valence-corrected chi connectivity index (χ4v) is 3.15. The number of ketones is 1. The first-order valence-corrected chi connectivity index (χ1v) is 7.86. The van der Waals surface area contributed by atoms with Crippen LogP contribution < -0.4 is 0 Å². The van der Waals surface area contributed by atoms with Crippen molar-refractivity contribution in [2.24, 2.45) is 0 Å². The van der Waals surface area contributed by atoms with Crippen LogP contribution in [0.1, 0.15) is 17.3 Å². The molecule has 0 aliphatic rings. The minimum Gasteiger partial charge on any atom is -0.315 e. The Morgan fingerprint density at radius 2 is 1.75 bits per heavy atom. The number of hydrogen-bond donors (Lipinski definition) is 0. The maximum absolute atomic E-state index is 12.0. The summed E-state index contributed by atoms with van der Waals surface area (Å²) in [6, 6.07) is 20.0. The van der Waals surface area contributed by atoms with Gasteiger partial charge in [-0.25, -0.2) is 0 Å². The second-order valence-corrected chi connectivity index (χ2v) is 5.74. The van der Waals surface area contributed by atoms with E-state index in [1.807, 2.05) is 54.9 Å². The summed E-state index contributed by atoms with van der Waals surface area (Å²) in [6.07, 6.45) is 5.65. The molecule has 3 nitrogen and oxygen atoms in total. The lowest BCUT2D eigenvalue weighted by Crippen LogP contribution is -1.96. The molecule has 0 aliphatic carbocycles. The van der Waals surface area contributed by atoms with E-state index in [2.05, 4.69) is 27.8 Å². The minimum atomic E-state index is 0.0781. The van der Waals surface area contributed by atoms with Crippen LogP contribution in [-0.4, -0.2) is 15.3 Å². The Morgan fingerprint density at radius 3 is 2.54 bits per heavy atom. The van der Waals surface area contributed by atoms with Gasteiger partial charge in [0.25, 0.3) is 0 Å². The van der Waals surface area contributed by atoms with Crippen molar-refractivity contribution in [2.75, 3.05) is 0 Å². The van der Waals surface area contributed by atoms with Gasteiger partial charge in [0, 0.05) is 23.3 Å². The molecular weight excluding hydrogens is 296 g/mol. The van der Waals surface area contributed by atoms with Crippen molar-refractivity contribution in [1.29, 1.82) is 0 Å². The second-order valence-electron chi connectivity index (χ2n) is 5.74. The van der Waals surface area contributed by atoms with Gasteiger partial charge in [0.15, 0.2) is 5.78 Å². The largest absolute Gasteiger partial charge is 0.315 e.